The molecule has 0 unspecified atom stereocenters. The van der Waals surface area contributed by atoms with E-state index in [0.717, 1.165) is 9.75 Å². The van der Waals surface area contributed by atoms with Crippen LogP contribution in [0.2, 0.25) is 10.0 Å². The van der Waals surface area contributed by atoms with Crippen molar-refractivity contribution >= 4 is 64.0 Å². The van der Waals surface area contributed by atoms with Crippen molar-refractivity contribution in [1.29, 1.82) is 0 Å². The second-order valence-corrected chi connectivity index (χ2v) is 7.55. The zero-order valence-electron chi connectivity index (χ0n) is 13.0. The van der Waals surface area contributed by atoms with Crippen LogP contribution >= 0.6 is 57.7 Å². The summed E-state index contributed by atoms with van der Waals surface area (Å²) in [4.78, 5) is 6.59. The minimum Gasteiger partial charge on any atom is -0.489 e. The largest absolute Gasteiger partial charge is 0.489 e. The van der Waals surface area contributed by atoms with Gasteiger partial charge in [-0.1, -0.05) is 51.6 Å². The average Bonchev–Trinajstić information content (AvgIpc) is 2.99. The van der Waals surface area contributed by atoms with Gasteiger partial charge in [0.25, 0.3) is 0 Å². The minimum absolute atomic E-state index is 0.128. The van der Waals surface area contributed by atoms with Gasteiger partial charge in [0.05, 0.1) is 16.3 Å². The maximum atomic E-state index is 6.22. The van der Waals surface area contributed by atoms with Crippen molar-refractivity contribution in [1.82, 2.24) is 0 Å². The number of oxime groups is 1. The van der Waals surface area contributed by atoms with Crippen LogP contribution in [0.1, 0.15) is 9.75 Å². The smallest absolute Gasteiger partial charge is 0.157 e. The van der Waals surface area contributed by atoms with Crippen LogP contribution in [-0.2, 0) is 11.4 Å². The molecule has 0 atom stereocenters. The van der Waals surface area contributed by atoms with E-state index in [1.54, 1.807) is 18.3 Å². The molecule has 0 saturated heterocycles. The Morgan fingerprint density at radius 2 is 1.88 bits per heavy atom. The summed E-state index contributed by atoms with van der Waals surface area (Å²) in [5.74, 6) is 0.879. The van der Waals surface area contributed by atoms with E-state index in [9.17, 15) is 0 Å². The monoisotopic (exact) mass is 439 g/mol. The van der Waals surface area contributed by atoms with Gasteiger partial charge in [-0.15, -0.1) is 11.3 Å². The standard InChI is InChI=1S/C16H13Cl4NO3S/c1-22-21-8-11-2-3-12(25-11)9-24-16-13(17)6-10(7-14(16)18)23-5-4-15(19)20/h2-4,6-8H,5,9H2,1H3/b21-8+. The van der Waals surface area contributed by atoms with Crippen LogP contribution in [0.3, 0.4) is 0 Å². The van der Waals surface area contributed by atoms with Crippen LogP contribution in [0.4, 0.5) is 0 Å². The second kappa shape index (κ2) is 10.1. The van der Waals surface area contributed by atoms with Crippen molar-refractivity contribution in [2.24, 2.45) is 5.16 Å². The van der Waals surface area contributed by atoms with Crippen molar-refractivity contribution in [2.45, 2.75) is 6.61 Å². The van der Waals surface area contributed by atoms with Gasteiger partial charge in [-0.3, -0.25) is 0 Å². The van der Waals surface area contributed by atoms with E-state index < -0.39 is 0 Å². The molecule has 0 fully saturated rings. The Balaban J connectivity index is 2.01. The van der Waals surface area contributed by atoms with E-state index in [4.69, 9.17) is 55.9 Å². The number of hydrogen-bond donors (Lipinski definition) is 0. The molecular weight excluding hydrogens is 428 g/mol. The molecule has 0 N–H and O–H groups in total. The highest BCUT2D eigenvalue weighted by atomic mass is 35.5. The molecule has 2 aromatic rings. The van der Waals surface area contributed by atoms with E-state index in [-0.39, 0.29) is 11.1 Å². The predicted octanol–water partition coefficient (Wildman–Crippen LogP) is 6.31. The summed E-state index contributed by atoms with van der Waals surface area (Å²) in [7, 11) is 1.49. The fourth-order valence-corrected chi connectivity index (χ4v) is 3.24. The van der Waals surface area contributed by atoms with Gasteiger partial charge >= 0.3 is 0 Å². The molecule has 134 valence electrons. The third-order valence-electron chi connectivity index (χ3n) is 2.79. The van der Waals surface area contributed by atoms with E-state index in [2.05, 4.69) is 9.99 Å². The van der Waals surface area contributed by atoms with Crippen molar-refractivity contribution in [3.8, 4) is 11.5 Å². The lowest BCUT2D eigenvalue weighted by Crippen LogP contribution is -1.97. The van der Waals surface area contributed by atoms with Gasteiger partial charge in [0, 0.05) is 21.9 Å². The summed E-state index contributed by atoms with van der Waals surface area (Å²) in [6.07, 6.45) is 3.14. The number of nitrogens with zero attached hydrogens (tertiary/aromatic N) is 1. The molecule has 2 rings (SSSR count). The molecule has 1 aromatic carbocycles. The van der Waals surface area contributed by atoms with Crippen LogP contribution in [0, 0.1) is 0 Å². The third-order valence-corrected chi connectivity index (χ3v) is 4.65. The lowest BCUT2D eigenvalue weighted by Gasteiger charge is -2.11. The SMILES string of the molecule is CO/N=C/c1ccc(COc2c(Cl)cc(OCC=C(Cl)Cl)cc2Cl)s1. The zero-order valence-corrected chi connectivity index (χ0v) is 16.8. The first kappa shape index (κ1) is 20.2. The van der Waals surface area contributed by atoms with Crippen molar-refractivity contribution in [2.75, 3.05) is 13.7 Å². The highest BCUT2D eigenvalue weighted by molar-refractivity contribution is 7.13. The van der Waals surface area contributed by atoms with Gasteiger partial charge in [0.15, 0.2) is 5.75 Å². The normalized spacial score (nSPS) is 10.8. The molecule has 1 heterocycles. The van der Waals surface area contributed by atoms with Crippen LogP contribution in [0.25, 0.3) is 0 Å². The summed E-state index contributed by atoms with van der Waals surface area (Å²) >= 11 is 25.0. The van der Waals surface area contributed by atoms with E-state index in [0.29, 0.717) is 28.2 Å². The van der Waals surface area contributed by atoms with Gasteiger partial charge in [-0.25, -0.2) is 0 Å². The Morgan fingerprint density at radius 1 is 1.16 bits per heavy atom. The van der Waals surface area contributed by atoms with E-state index in [1.165, 1.54) is 24.5 Å². The van der Waals surface area contributed by atoms with Gasteiger partial charge < -0.3 is 14.3 Å². The summed E-state index contributed by atoms with van der Waals surface area (Å²) in [6, 6.07) is 7.08. The fraction of sp³-hybridized carbons (Fsp3) is 0.188. The maximum absolute atomic E-state index is 6.22. The number of benzene rings is 1. The van der Waals surface area contributed by atoms with E-state index >= 15 is 0 Å². The molecular formula is C16H13Cl4NO3S. The highest BCUT2D eigenvalue weighted by Crippen LogP contribution is 2.37. The van der Waals surface area contributed by atoms with Gasteiger partial charge in [-0.05, 0) is 18.2 Å². The van der Waals surface area contributed by atoms with Crippen LogP contribution in [0.15, 0.2) is 40.0 Å². The number of ether oxygens (including phenoxy) is 2. The Kier molecular flexibility index (Phi) is 8.19. The summed E-state index contributed by atoms with van der Waals surface area (Å²) < 4.78 is 11.3. The Bertz CT molecular complexity index is 749. The summed E-state index contributed by atoms with van der Waals surface area (Å²) in [5, 5.41) is 4.41. The zero-order chi connectivity index (χ0) is 18.2. The second-order valence-electron chi connectivity index (χ2n) is 4.53. The molecule has 0 radical (unpaired) electrons. The van der Waals surface area contributed by atoms with Gasteiger partial charge in [0.2, 0.25) is 0 Å². The fourth-order valence-electron chi connectivity index (χ4n) is 1.75. The Morgan fingerprint density at radius 3 is 2.52 bits per heavy atom. The quantitative estimate of drug-likeness (QED) is 0.356. The molecule has 0 bridgehead atoms. The number of hydrogen-bond acceptors (Lipinski definition) is 5. The van der Waals surface area contributed by atoms with Crippen molar-refractivity contribution in [3.63, 3.8) is 0 Å². The third kappa shape index (κ3) is 6.60. The highest BCUT2D eigenvalue weighted by Gasteiger charge is 2.11. The molecule has 1 aromatic heterocycles. The Hall–Kier alpha value is -1.11. The van der Waals surface area contributed by atoms with Crippen LogP contribution < -0.4 is 9.47 Å². The van der Waals surface area contributed by atoms with Gasteiger partial charge in [0.1, 0.15) is 30.6 Å². The van der Waals surface area contributed by atoms with Crippen molar-refractivity contribution < 1.29 is 14.3 Å². The predicted molar refractivity (Wildman–Crippen MR) is 105 cm³/mol. The number of thiophene rings is 1. The summed E-state index contributed by atoms with van der Waals surface area (Å²) in [5.41, 5.74) is 0. The Labute approximate surface area is 169 Å². The molecule has 0 saturated carbocycles. The number of halogens is 4. The minimum atomic E-state index is 0.128. The molecule has 0 aliphatic carbocycles. The van der Waals surface area contributed by atoms with Crippen molar-refractivity contribution in [3.05, 3.63) is 54.6 Å². The van der Waals surface area contributed by atoms with Crippen LogP contribution in [-0.4, -0.2) is 19.9 Å². The summed E-state index contributed by atoms with van der Waals surface area (Å²) in [6.45, 7) is 0.534. The first-order chi connectivity index (χ1) is 12.0. The first-order valence-corrected chi connectivity index (χ1v) is 9.23. The van der Waals surface area contributed by atoms with E-state index in [1.807, 2.05) is 12.1 Å². The topological polar surface area (TPSA) is 40.0 Å². The maximum Gasteiger partial charge on any atom is 0.157 e. The molecule has 0 aliphatic heterocycles. The molecule has 0 aliphatic rings. The molecule has 4 nitrogen and oxygen atoms in total. The molecule has 9 heteroatoms. The average molecular weight is 441 g/mol. The molecule has 0 amide bonds. The lowest BCUT2D eigenvalue weighted by atomic mass is 10.3. The molecule has 0 spiro atoms. The first-order valence-electron chi connectivity index (χ1n) is 6.90. The lowest BCUT2D eigenvalue weighted by molar-refractivity contribution is 0.215. The molecule has 25 heavy (non-hydrogen) atoms. The van der Waals surface area contributed by atoms with Gasteiger partial charge in [-0.2, -0.15) is 0 Å². The van der Waals surface area contributed by atoms with Crippen LogP contribution in [0.5, 0.6) is 11.5 Å². The number of rotatable bonds is 8.